The zero-order chi connectivity index (χ0) is 58.4. The summed E-state index contributed by atoms with van der Waals surface area (Å²) in [5.74, 6) is -1.65. The number of aryl methyl sites for hydroxylation is 2. The Balaban J connectivity index is -0.000000995. The van der Waals surface area contributed by atoms with Crippen LogP contribution in [-0.4, -0.2) is 139 Å². The molecule has 78 heavy (non-hydrogen) atoms. The molecule has 0 spiro atoms. The Labute approximate surface area is 495 Å². The van der Waals surface area contributed by atoms with Crippen molar-refractivity contribution in [3.05, 3.63) is 104 Å². The predicted molar refractivity (Wildman–Crippen MR) is 302 cm³/mol. The second-order valence-electron chi connectivity index (χ2n) is 20.9. The number of aliphatic hydroxyl groups is 1. The number of nitrogens with zero attached hydrogens (tertiary/aromatic N) is 3. The molecule has 3 aromatic carbocycles. The molecule has 0 atom stereocenters. The predicted octanol–water partition coefficient (Wildman–Crippen LogP) is 9.50. The number of rotatable bonds is 15. The molecule has 1 aliphatic rings. The van der Waals surface area contributed by atoms with Crippen molar-refractivity contribution in [2.24, 2.45) is 0 Å². The normalized spacial score (nSPS) is 11.4. The monoisotopic (exact) mass is 1170 g/mol. The van der Waals surface area contributed by atoms with Gasteiger partial charge in [0.25, 0.3) is 0 Å². The Bertz CT molecular complexity index is 2260. The maximum absolute atomic E-state index is 12.1. The molecule has 0 bridgehead atoms. The van der Waals surface area contributed by atoms with Crippen molar-refractivity contribution in [3.8, 4) is 0 Å². The van der Waals surface area contributed by atoms with Gasteiger partial charge in [-0.2, -0.15) is 0 Å². The molecule has 1 saturated heterocycles. The number of amides is 3. The maximum Gasteiger partial charge on any atom is 1.00 e. The van der Waals surface area contributed by atoms with Crippen LogP contribution in [0.5, 0.6) is 0 Å². The summed E-state index contributed by atoms with van der Waals surface area (Å²) in [5.41, 5.74) is 4.29. The molecule has 0 unspecified atom stereocenters. The standard InChI is InChI=1S/C19H29NO4.C18H27NO4.C15H20BrNO4.C4H8O.C2H6O.Na.H2O/c1-7-8-9-15-12-14(10-11-16(15)17(21)23-6)13-20(5)18(22)24-19(2,3)4;1-6-7-8-14-11-13(9-10-15(14)16(20)21)12-19(5)17(22)23-18(2,3)4;1-15(2,3)21-14(19)17(4)9-10-6-7-11(12(16)8-10)13(18)20-5;1-2-4-5-3-1;1-2-3;;/h10-12H,7-9,13H2,1-6H3;9-11H,6-8,12H2,1-5H3,(H,20,21);6-8H,9H2,1-5H3;1-4H2;3H,2H2,1H3;;1H2/q;;;;;+1;/p-1. The SMILES string of the molecule is C1CCOC1.CCCCc1cc(CN(C)C(=O)OC(C)(C)C)ccc1C(=O)O.CCCCc1cc(CN(C)C(=O)OC(C)(C)C)ccc1C(=O)OC.CCO.COC(=O)c1ccc(CN(C)C(=O)OC(C)(C)C)cc1Br.[Na+].[OH-]. The fourth-order valence-electron chi connectivity index (χ4n) is 6.63. The van der Waals surface area contributed by atoms with E-state index in [1.807, 2.05) is 80.5 Å². The van der Waals surface area contributed by atoms with Crippen LogP contribution in [-0.2, 0) is 60.9 Å². The second kappa shape index (κ2) is 39.6. The fourth-order valence-corrected chi connectivity index (χ4v) is 7.22. The van der Waals surface area contributed by atoms with Crippen LogP contribution in [0.3, 0.4) is 0 Å². The van der Waals surface area contributed by atoms with Crippen LogP contribution >= 0.6 is 15.9 Å². The molecular weight excluding hydrogens is 1080 g/mol. The van der Waals surface area contributed by atoms with Gasteiger partial charge in [0, 0.05) is 65.1 Å². The van der Waals surface area contributed by atoms with Gasteiger partial charge in [0.2, 0.25) is 0 Å². The summed E-state index contributed by atoms with van der Waals surface area (Å²) in [5, 5.41) is 16.8. The van der Waals surface area contributed by atoms with Crippen LogP contribution < -0.4 is 29.6 Å². The number of carboxylic acid groups (broad SMARTS) is 1. The Morgan fingerprint density at radius 3 is 1.15 bits per heavy atom. The molecule has 1 aliphatic heterocycles. The van der Waals surface area contributed by atoms with Crippen molar-refractivity contribution < 1.29 is 102 Å². The van der Waals surface area contributed by atoms with Crippen LogP contribution in [0, 0.1) is 0 Å². The number of methoxy groups -OCH3 is 2. The molecule has 3 N–H and O–H groups in total. The van der Waals surface area contributed by atoms with E-state index in [2.05, 4.69) is 34.5 Å². The van der Waals surface area contributed by atoms with Gasteiger partial charge in [-0.3, -0.25) is 0 Å². The second-order valence-corrected chi connectivity index (χ2v) is 21.8. The molecule has 3 aromatic rings. The van der Waals surface area contributed by atoms with Crippen LogP contribution in [0.2, 0.25) is 0 Å². The Hall–Kier alpha value is -4.76. The molecule has 436 valence electrons. The Morgan fingerprint density at radius 2 is 0.872 bits per heavy atom. The minimum atomic E-state index is -0.914. The van der Waals surface area contributed by atoms with E-state index in [9.17, 15) is 33.9 Å². The molecule has 0 aliphatic carbocycles. The van der Waals surface area contributed by atoms with Gasteiger partial charge in [-0.1, -0.05) is 57.0 Å². The fraction of sp³-hybridized carbons (Fsp3) is 0.586. The number of hydrogen-bond donors (Lipinski definition) is 2. The number of esters is 2. The number of hydrogen-bond acceptors (Lipinski definition) is 14. The molecule has 1 heterocycles. The van der Waals surface area contributed by atoms with E-state index in [4.69, 9.17) is 28.8 Å². The van der Waals surface area contributed by atoms with Crippen LogP contribution in [0.1, 0.15) is 181 Å². The van der Waals surface area contributed by atoms with E-state index in [1.54, 1.807) is 64.5 Å². The summed E-state index contributed by atoms with van der Waals surface area (Å²) in [7, 11) is 7.75. The average molecular weight is 1170 g/mol. The number of ether oxygens (including phenoxy) is 6. The van der Waals surface area contributed by atoms with Gasteiger partial charge in [-0.05, 0) is 176 Å². The molecule has 3 amide bonds. The molecule has 1 fully saturated rings. The third-order valence-electron chi connectivity index (χ3n) is 10.2. The van der Waals surface area contributed by atoms with Gasteiger partial charge in [0.1, 0.15) is 16.8 Å². The third kappa shape index (κ3) is 33.6. The number of benzene rings is 3. The van der Waals surface area contributed by atoms with E-state index in [-0.39, 0.29) is 53.7 Å². The van der Waals surface area contributed by atoms with E-state index in [0.29, 0.717) is 40.8 Å². The number of carboxylic acids is 1. The van der Waals surface area contributed by atoms with Crippen LogP contribution in [0.25, 0.3) is 0 Å². The summed E-state index contributed by atoms with van der Waals surface area (Å²) in [6.07, 6.45) is 6.91. The van der Waals surface area contributed by atoms with Crippen LogP contribution in [0.4, 0.5) is 14.4 Å². The van der Waals surface area contributed by atoms with Crippen molar-refractivity contribution in [3.63, 3.8) is 0 Å². The molecular formula is C58H91BrN3NaO15. The van der Waals surface area contributed by atoms with Crippen molar-refractivity contribution in [1.29, 1.82) is 0 Å². The Kier molecular flexibility index (Phi) is 39.3. The van der Waals surface area contributed by atoms with E-state index >= 15 is 0 Å². The van der Waals surface area contributed by atoms with E-state index < -0.39 is 40.9 Å². The first-order valence-corrected chi connectivity index (χ1v) is 26.6. The summed E-state index contributed by atoms with van der Waals surface area (Å²) < 4.78 is 31.1. The van der Waals surface area contributed by atoms with Gasteiger partial charge in [0.05, 0.1) is 30.9 Å². The number of unbranched alkanes of at least 4 members (excludes halogenated alkanes) is 2. The maximum atomic E-state index is 12.1. The van der Waals surface area contributed by atoms with Crippen molar-refractivity contribution >= 4 is 52.1 Å². The number of aliphatic hydroxyl groups excluding tert-OH is 1. The van der Waals surface area contributed by atoms with E-state index in [0.717, 1.165) is 79.6 Å². The summed E-state index contributed by atoms with van der Waals surface area (Å²) in [6.45, 7) is 25.8. The number of halogens is 1. The molecule has 18 nitrogen and oxygen atoms in total. The number of aromatic carboxylic acids is 1. The van der Waals surface area contributed by atoms with Crippen molar-refractivity contribution in [2.45, 2.75) is 171 Å². The zero-order valence-corrected chi connectivity index (χ0v) is 53.6. The number of carbonyl (C=O) groups excluding carboxylic acids is 5. The zero-order valence-electron chi connectivity index (χ0n) is 50.1. The minimum Gasteiger partial charge on any atom is -0.870 e. The third-order valence-corrected chi connectivity index (χ3v) is 10.9. The smallest absolute Gasteiger partial charge is 0.870 e. The van der Waals surface area contributed by atoms with Gasteiger partial charge < -0.3 is 58.8 Å². The molecule has 0 aromatic heterocycles. The first kappa shape index (κ1) is 77.5. The molecule has 0 radical (unpaired) electrons. The first-order valence-electron chi connectivity index (χ1n) is 25.8. The van der Waals surface area contributed by atoms with E-state index in [1.165, 1.54) is 41.8 Å². The number of carbonyl (C=O) groups is 6. The average Bonchev–Trinajstić information content (AvgIpc) is 3.92. The Morgan fingerprint density at radius 1 is 0.564 bits per heavy atom. The molecule has 4 rings (SSSR count). The topological polar surface area (TPSA) is 238 Å². The quantitative estimate of drug-likeness (QED) is 0.0818. The van der Waals surface area contributed by atoms with Gasteiger partial charge in [-0.25, -0.2) is 28.8 Å². The summed E-state index contributed by atoms with van der Waals surface area (Å²) >= 11 is 3.33. The molecule has 0 saturated carbocycles. The largest absolute Gasteiger partial charge is 1.00 e. The summed E-state index contributed by atoms with van der Waals surface area (Å²) in [6, 6.07) is 16.1. The minimum absolute atomic E-state index is 0. The summed E-state index contributed by atoms with van der Waals surface area (Å²) in [4.78, 5) is 75.1. The van der Waals surface area contributed by atoms with Gasteiger partial charge in [-0.15, -0.1) is 0 Å². The van der Waals surface area contributed by atoms with Gasteiger partial charge >= 0.3 is 65.7 Å². The molecule has 20 heteroatoms. The van der Waals surface area contributed by atoms with Crippen molar-refractivity contribution in [1.82, 2.24) is 14.7 Å². The first-order chi connectivity index (χ1) is 35.4. The van der Waals surface area contributed by atoms with Crippen LogP contribution in [0.15, 0.2) is 59.1 Å². The van der Waals surface area contributed by atoms with Gasteiger partial charge in [0.15, 0.2) is 0 Å². The van der Waals surface area contributed by atoms with Crippen molar-refractivity contribution in [2.75, 3.05) is 55.2 Å².